The number of methoxy groups -OCH3 is 1. The van der Waals surface area contributed by atoms with Gasteiger partial charge in [-0.05, 0) is 69.2 Å². The second kappa shape index (κ2) is 7.63. The Morgan fingerprint density at radius 2 is 1.59 bits per heavy atom. The summed E-state index contributed by atoms with van der Waals surface area (Å²) in [6, 6.07) is 10.2. The summed E-state index contributed by atoms with van der Waals surface area (Å²) in [5.41, 5.74) is 1.26. The first-order valence-electron chi connectivity index (χ1n) is 11.2. The van der Waals surface area contributed by atoms with E-state index in [4.69, 9.17) is 4.74 Å². The van der Waals surface area contributed by atoms with E-state index in [0.717, 1.165) is 42.8 Å². The Morgan fingerprint density at radius 1 is 0.815 bits per heavy atom. The van der Waals surface area contributed by atoms with Crippen LogP contribution in [-0.2, 0) is 0 Å². The number of piperazine rings is 1. The topological polar surface area (TPSA) is 19.0 Å². The number of nitrogens with zero attached hydrogens (tertiary/aromatic N) is 3. The van der Waals surface area contributed by atoms with Crippen LogP contribution in [0.4, 0.5) is 5.69 Å². The zero-order chi connectivity index (χ0) is 18.2. The van der Waals surface area contributed by atoms with Crippen LogP contribution in [0.3, 0.4) is 0 Å². The molecule has 148 valence electrons. The SMILES string of the molecule is COc1ccccc1N1CCN(C2CCN([C@H]3C[C@@H]4CC[C@@H]3C4)CC2)CC1. The summed E-state index contributed by atoms with van der Waals surface area (Å²) < 4.78 is 5.56. The van der Waals surface area contributed by atoms with Crippen molar-refractivity contribution >= 4 is 5.69 Å². The van der Waals surface area contributed by atoms with Gasteiger partial charge in [-0.1, -0.05) is 18.6 Å². The fourth-order valence-corrected chi connectivity index (χ4v) is 6.46. The molecule has 2 saturated carbocycles. The van der Waals surface area contributed by atoms with Gasteiger partial charge in [-0.3, -0.25) is 9.80 Å². The molecule has 2 saturated heterocycles. The maximum Gasteiger partial charge on any atom is 0.142 e. The van der Waals surface area contributed by atoms with Gasteiger partial charge >= 0.3 is 0 Å². The van der Waals surface area contributed by atoms with Gasteiger partial charge in [-0.15, -0.1) is 0 Å². The molecule has 0 radical (unpaired) electrons. The third kappa shape index (κ3) is 3.47. The third-order valence-corrected chi connectivity index (χ3v) is 7.93. The molecule has 3 atom stereocenters. The number of para-hydroxylation sites is 2. The van der Waals surface area contributed by atoms with Crippen LogP contribution in [0, 0.1) is 11.8 Å². The van der Waals surface area contributed by atoms with E-state index < -0.39 is 0 Å². The number of rotatable bonds is 4. The lowest BCUT2D eigenvalue weighted by molar-refractivity contribution is 0.0617. The van der Waals surface area contributed by atoms with Crippen molar-refractivity contribution in [2.24, 2.45) is 11.8 Å². The molecule has 2 heterocycles. The molecule has 2 aliphatic carbocycles. The number of hydrogen-bond donors (Lipinski definition) is 0. The van der Waals surface area contributed by atoms with Crippen LogP contribution < -0.4 is 9.64 Å². The molecule has 5 rings (SSSR count). The Kier molecular flexibility index (Phi) is 5.04. The molecule has 1 aromatic carbocycles. The van der Waals surface area contributed by atoms with Crippen molar-refractivity contribution in [2.45, 2.75) is 50.6 Å². The van der Waals surface area contributed by atoms with Gasteiger partial charge in [0.1, 0.15) is 5.75 Å². The first-order valence-corrected chi connectivity index (χ1v) is 11.2. The highest BCUT2D eigenvalue weighted by Crippen LogP contribution is 2.47. The van der Waals surface area contributed by atoms with Crippen molar-refractivity contribution < 1.29 is 4.74 Å². The van der Waals surface area contributed by atoms with Crippen LogP contribution in [0.5, 0.6) is 5.75 Å². The van der Waals surface area contributed by atoms with Crippen molar-refractivity contribution in [3.8, 4) is 5.75 Å². The van der Waals surface area contributed by atoms with Crippen molar-refractivity contribution in [2.75, 3.05) is 51.3 Å². The zero-order valence-corrected chi connectivity index (χ0v) is 16.9. The minimum atomic E-state index is 0.805. The normalized spacial score (nSPS) is 32.9. The Labute approximate surface area is 164 Å². The number of piperidine rings is 1. The molecular weight excluding hydrogens is 334 g/mol. The van der Waals surface area contributed by atoms with Crippen LogP contribution in [0.1, 0.15) is 38.5 Å². The molecule has 27 heavy (non-hydrogen) atoms. The van der Waals surface area contributed by atoms with E-state index in [9.17, 15) is 0 Å². The molecule has 4 aliphatic rings. The predicted octanol–water partition coefficient (Wildman–Crippen LogP) is 3.47. The summed E-state index contributed by atoms with van der Waals surface area (Å²) in [6.07, 6.45) is 8.84. The largest absolute Gasteiger partial charge is 0.495 e. The minimum absolute atomic E-state index is 0.805. The van der Waals surface area contributed by atoms with Gasteiger partial charge in [-0.2, -0.15) is 0 Å². The van der Waals surface area contributed by atoms with Gasteiger partial charge in [-0.25, -0.2) is 0 Å². The summed E-state index contributed by atoms with van der Waals surface area (Å²) in [6.45, 7) is 7.30. The molecule has 4 nitrogen and oxygen atoms in total. The van der Waals surface area contributed by atoms with E-state index in [2.05, 4.69) is 39.0 Å². The molecule has 0 unspecified atom stereocenters. The second-order valence-corrected chi connectivity index (χ2v) is 9.20. The van der Waals surface area contributed by atoms with Gasteiger partial charge in [0.2, 0.25) is 0 Å². The Bertz CT molecular complexity index is 634. The number of benzene rings is 1. The molecule has 2 aliphatic heterocycles. The maximum absolute atomic E-state index is 5.56. The summed E-state index contributed by atoms with van der Waals surface area (Å²) >= 11 is 0. The number of ether oxygens (including phenoxy) is 1. The van der Waals surface area contributed by atoms with Gasteiger partial charge in [0, 0.05) is 38.3 Å². The number of anilines is 1. The highest BCUT2D eigenvalue weighted by Gasteiger charge is 2.43. The summed E-state index contributed by atoms with van der Waals surface area (Å²) in [7, 11) is 1.78. The van der Waals surface area contributed by atoms with Gasteiger partial charge in [0.25, 0.3) is 0 Å². The van der Waals surface area contributed by atoms with E-state index in [-0.39, 0.29) is 0 Å². The average molecular weight is 370 g/mol. The maximum atomic E-state index is 5.56. The summed E-state index contributed by atoms with van der Waals surface area (Å²) in [5, 5.41) is 0. The smallest absolute Gasteiger partial charge is 0.142 e. The number of hydrogen-bond acceptors (Lipinski definition) is 4. The fourth-order valence-electron chi connectivity index (χ4n) is 6.46. The first kappa shape index (κ1) is 17.8. The van der Waals surface area contributed by atoms with Gasteiger partial charge in [0.05, 0.1) is 12.8 Å². The van der Waals surface area contributed by atoms with Crippen molar-refractivity contribution in [1.29, 1.82) is 0 Å². The van der Waals surface area contributed by atoms with E-state index in [1.165, 1.54) is 70.4 Å². The van der Waals surface area contributed by atoms with Crippen LogP contribution in [0.15, 0.2) is 24.3 Å². The lowest BCUT2D eigenvalue weighted by atomic mass is 9.91. The Balaban J connectivity index is 1.12. The second-order valence-electron chi connectivity index (χ2n) is 9.20. The summed E-state index contributed by atoms with van der Waals surface area (Å²) in [5.74, 6) is 3.11. The molecule has 0 N–H and O–H groups in total. The average Bonchev–Trinajstić information content (AvgIpc) is 3.38. The predicted molar refractivity (Wildman–Crippen MR) is 111 cm³/mol. The Morgan fingerprint density at radius 3 is 2.26 bits per heavy atom. The van der Waals surface area contributed by atoms with E-state index in [0.29, 0.717) is 0 Å². The Hall–Kier alpha value is -1.26. The standard InChI is InChI=1S/C23H35N3O/c1-27-23-5-3-2-4-21(23)26-14-12-24(13-15-26)20-8-10-25(11-9-20)22-17-18-6-7-19(22)16-18/h2-5,18-20,22H,6-17H2,1H3/t18-,19-,22+/m1/s1. The number of fused-ring (bicyclic) bond motifs is 2. The van der Waals surface area contributed by atoms with E-state index in [1.54, 1.807) is 7.11 Å². The molecule has 0 aromatic heterocycles. The minimum Gasteiger partial charge on any atom is -0.495 e. The molecular formula is C23H35N3O. The lowest BCUT2D eigenvalue weighted by Crippen LogP contribution is -2.54. The first-order chi connectivity index (χ1) is 13.3. The van der Waals surface area contributed by atoms with Crippen LogP contribution in [0.2, 0.25) is 0 Å². The van der Waals surface area contributed by atoms with Crippen molar-refractivity contribution in [1.82, 2.24) is 9.80 Å². The van der Waals surface area contributed by atoms with E-state index >= 15 is 0 Å². The summed E-state index contributed by atoms with van der Waals surface area (Å²) in [4.78, 5) is 8.13. The van der Waals surface area contributed by atoms with Gasteiger partial charge in [0.15, 0.2) is 0 Å². The van der Waals surface area contributed by atoms with Crippen LogP contribution >= 0.6 is 0 Å². The molecule has 0 spiro atoms. The van der Waals surface area contributed by atoms with Crippen LogP contribution in [-0.4, -0.2) is 68.3 Å². The zero-order valence-electron chi connectivity index (χ0n) is 16.9. The quantitative estimate of drug-likeness (QED) is 0.809. The molecule has 0 amide bonds. The van der Waals surface area contributed by atoms with Crippen LogP contribution in [0.25, 0.3) is 0 Å². The molecule has 4 heteroatoms. The highest BCUT2D eigenvalue weighted by atomic mass is 16.5. The molecule has 1 aromatic rings. The van der Waals surface area contributed by atoms with Gasteiger partial charge < -0.3 is 9.64 Å². The molecule has 2 bridgehead atoms. The fraction of sp³-hybridized carbons (Fsp3) is 0.739. The number of likely N-dealkylation sites (tertiary alicyclic amines) is 1. The van der Waals surface area contributed by atoms with E-state index in [1.807, 2.05) is 0 Å². The lowest BCUT2D eigenvalue weighted by Gasteiger charge is -2.45. The third-order valence-electron chi connectivity index (χ3n) is 7.93. The van der Waals surface area contributed by atoms with Crippen molar-refractivity contribution in [3.63, 3.8) is 0 Å². The molecule has 4 fully saturated rings. The highest BCUT2D eigenvalue weighted by molar-refractivity contribution is 5.58. The monoisotopic (exact) mass is 369 g/mol. The van der Waals surface area contributed by atoms with Crippen molar-refractivity contribution in [3.05, 3.63) is 24.3 Å².